The fourth-order valence-corrected chi connectivity index (χ4v) is 4.35. The Hall–Kier alpha value is -2.67. The summed E-state index contributed by atoms with van der Waals surface area (Å²) in [6.07, 6.45) is 2.14. The smallest absolute Gasteiger partial charge is 0.240 e. The highest BCUT2D eigenvalue weighted by Gasteiger charge is 2.30. The standard InChI is InChI=1S/C20H21N5OS/c1-15-8-7-11-17(14-15)25-20(21-22-23-25)27-18(16-9-3-2-4-10-16)19(26)24-12-5-6-13-24/h2-4,7-11,14,18H,5-6,12-13H2,1H3. The Morgan fingerprint density at radius 1 is 1.07 bits per heavy atom. The summed E-state index contributed by atoms with van der Waals surface area (Å²) in [5, 5.41) is 12.4. The van der Waals surface area contributed by atoms with E-state index in [1.54, 1.807) is 4.68 Å². The first-order valence-electron chi connectivity index (χ1n) is 9.08. The number of rotatable bonds is 5. The second kappa shape index (κ2) is 7.92. The van der Waals surface area contributed by atoms with Gasteiger partial charge in [0.15, 0.2) is 0 Å². The molecule has 138 valence electrons. The van der Waals surface area contributed by atoms with Crippen LogP contribution in [0.3, 0.4) is 0 Å². The van der Waals surface area contributed by atoms with Crippen molar-refractivity contribution < 1.29 is 4.79 Å². The topological polar surface area (TPSA) is 63.9 Å². The van der Waals surface area contributed by atoms with Gasteiger partial charge in [0, 0.05) is 13.1 Å². The number of benzene rings is 2. The van der Waals surface area contributed by atoms with Gasteiger partial charge in [-0.25, -0.2) is 0 Å². The molecule has 1 aliphatic heterocycles. The van der Waals surface area contributed by atoms with E-state index in [1.807, 2.05) is 66.4 Å². The Balaban J connectivity index is 1.67. The summed E-state index contributed by atoms with van der Waals surface area (Å²) >= 11 is 1.41. The number of hydrogen-bond donors (Lipinski definition) is 0. The van der Waals surface area contributed by atoms with Gasteiger partial charge in [0.2, 0.25) is 11.1 Å². The van der Waals surface area contributed by atoms with Crippen LogP contribution in [0.15, 0.2) is 59.8 Å². The molecule has 0 saturated carbocycles. The normalized spacial score (nSPS) is 15.1. The van der Waals surface area contributed by atoms with Gasteiger partial charge in [0.1, 0.15) is 5.25 Å². The molecule has 0 aliphatic carbocycles. The van der Waals surface area contributed by atoms with Gasteiger partial charge < -0.3 is 4.90 Å². The summed E-state index contributed by atoms with van der Waals surface area (Å²) in [6, 6.07) is 17.9. The van der Waals surface area contributed by atoms with Crippen molar-refractivity contribution in [2.24, 2.45) is 0 Å². The van der Waals surface area contributed by atoms with E-state index in [0.717, 1.165) is 42.7 Å². The predicted molar refractivity (Wildman–Crippen MR) is 105 cm³/mol. The number of thioether (sulfide) groups is 1. The molecule has 6 nitrogen and oxygen atoms in total. The third-order valence-electron chi connectivity index (χ3n) is 4.65. The number of carbonyl (C=O) groups is 1. The van der Waals surface area contributed by atoms with Crippen molar-refractivity contribution in [3.05, 3.63) is 65.7 Å². The predicted octanol–water partition coefficient (Wildman–Crippen LogP) is 3.43. The summed E-state index contributed by atoms with van der Waals surface area (Å²) in [6.45, 7) is 3.68. The lowest BCUT2D eigenvalue weighted by atomic mass is 10.1. The quantitative estimate of drug-likeness (QED) is 0.636. The van der Waals surface area contributed by atoms with E-state index in [4.69, 9.17) is 0 Å². The number of likely N-dealkylation sites (tertiary alicyclic amines) is 1. The first-order valence-corrected chi connectivity index (χ1v) is 9.96. The molecule has 0 radical (unpaired) electrons. The van der Waals surface area contributed by atoms with Crippen LogP contribution in [0.25, 0.3) is 5.69 Å². The van der Waals surface area contributed by atoms with Crippen LogP contribution in [0, 0.1) is 6.92 Å². The Kier molecular flexibility index (Phi) is 5.20. The van der Waals surface area contributed by atoms with Gasteiger partial charge in [-0.05, 0) is 53.5 Å². The highest BCUT2D eigenvalue weighted by molar-refractivity contribution is 8.00. The summed E-state index contributed by atoms with van der Waals surface area (Å²) in [7, 11) is 0. The largest absolute Gasteiger partial charge is 0.341 e. The van der Waals surface area contributed by atoms with E-state index in [1.165, 1.54) is 11.8 Å². The van der Waals surface area contributed by atoms with Crippen molar-refractivity contribution >= 4 is 17.7 Å². The van der Waals surface area contributed by atoms with Crippen LogP contribution >= 0.6 is 11.8 Å². The summed E-state index contributed by atoms with van der Waals surface area (Å²) < 4.78 is 1.70. The molecule has 7 heteroatoms. The lowest BCUT2D eigenvalue weighted by molar-refractivity contribution is -0.129. The highest BCUT2D eigenvalue weighted by atomic mass is 32.2. The maximum Gasteiger partial charge on any atom is 0.240 e. The van der Waals surface area contributed by atoms with Crippen LogP contribution in [0.5, 0.6) is 0 Å². The fraction of sp³-hybridized carbons (Fsp3) is 0.300. The van der Waals surface area contributed by atoms with Crippen molar-refractivity contribution in [1.29, 1.82) is 0 Å². The van der Waals surface area contributed by atoms with Gasteiger partial charge in [0.05, 0.1) is 5.69 Å². The minimum absolute atomic E-state index is 0.127. The van der Waals surface area contributed by atoms with Crippen LogP contribution in [0.4, 0.5) is 0 Å². The molecule has 1 aromatic heterocycles. The maximum atomic E-state index is 13.2. The van der Waals surface area contributed by atoms with E-state index >= 15 is 0 Å². The molecule has 0 spiro atoms. The summed E-state index contributed by atoms with van der Waals surface area (Å²) in [5.74, 6) is 0.127. The van der Waals surface area contributed by atoms with E-state index in [2.05, 4.69) is 15.5 Å². The minimum Gasteiger partial charge on any atom is -0.341 e. The molecular formula is C20H21N5OS. The summed E-state index contributed by atoms with van der Waals surface area (Å²) in [4.78, 5) is 15.2. The molecular weight excluding hydrogens is 358 g/mol. The maximum absolute atomic E-state index is 13.2. The first kappa shape index (κ1) is 17.7. The number of nitrogens with zero attached hydrogens (tertiary/aromatic N) is 5. The lowest BCUT2D eigenvalue weighted by Gasteiger charge is -2.22. The van der Waals surface area contributed by atoms with Crippen molar-refractivity contribution in [1.82, 2.24) is 25.1 Å². The average Bonchev–Trinajstić information content (AvgIpc) is 3.38. The Morgan fingerprint density at radius 3 is 2.59 bits per heavy atom. The van der Waals surface area contributed by atoms with Gasteiger partial charge in [-0.15, -0.1) is 5.10 Å². The molecule has 4 rings (SSSR count). The Labute approximate surface area is 162 Å². The number of amides is 1. The van der Waals surface area contributed by atoms with Gasteiger partial charge >= 0.3 is 0 Å². The van der Waals surface area contributed by atoms with E-state index in [-0.39, 0.29) is 11.2 Å². The highest BCUT2D eigenvalue weighted by Crippen LogP contribution is 2.37. The second-order valence-corrected chi connectivity index (χ2v) is 7.73. The van der Waals surface area contributed by atoms with Crippen molar-refractivity contribution in [2.45, 2.75) is 30.2 Å². The van der Waals surface area contributed by atoms with E-state index in [0.29, 0.717) is 5.16 Å². The van der Waals surface area contributed by atoms with Crippen molar-refractivity contribution in [3.8, 4) is 5.69 Å². The lowest BCUT2D eigenvalue weighted by Crippen LogP contribution is -2.31. The Bertz CT molecular complexity index is 921. The third-order valence-corrected chi connectivity index (χ3v) is 5.83. The van der Waals surface area contributed by atoms with Crippen LogP contribution in [-0.4, -0.2) is 44.1 Å². The molecule has 2 heterocycles. The number of tetrazole rings is 1. The molecule has 1 saturated heterocycles. The molecule has 3 aromatic rings. The zero-order valence-electron chi connectivity index (χ0n) is 15.2. The van der Waals surface area contributed by atoms with Crippen molar-refractivity contribution in [2.75, 3.05) is 13.1 Å². The molecule has 27 heavy (non-hydrogen) atoms. The number of aryl methyl sites for hydroxylation is 1. The van der Waals surface area contributed by atoms with Crippen LogP contribution in [0.1, 0.15) is 29.2 Å². The monoisotopic (exact) mass is 379 g/mol. The molecule has 1 unspecified atom stereocenters. The summed E-state index contributed by atoms with van der Waals surface area (Å²) in [5.41, 5.74) is 2.99. The SMILES string of the molecule is Cc1cccc(-n2nnnc2SC(C(=O)N2CCCC2)c2ccccc2)c1. The molecule has 1 aliphatic rings. The first-order chi connectivity index (χ1) is 13.2. The molecule has 0 bridgehead atoms. The number of hydrogen-bond acceptors (Lipinski definition) is 5. The van der Waals surface area contributed by atoms with Gasteiger partial charge in [0.25, 0.3) is 0 Å². The number of carbonyl (C=O) groups excluding carboxylic acids is 1. The molecule has 0 N–H and O–H groups in total. The van der Waals surface area contributed by atoms with E-state index < -0.39 is 0 Å². The van der Waals surface area contributed by atoms with Gasteiger partial charge in [-0.1, -0.05) is 54.2 Å². The van der Waals surface area contributed by atoms with Crippen LogP contribution in [-0.2, 0) is 4.79 Å². The average molecular weight is 379 g/mol. The molecule has 1 fully saturated rings. The van der Waals surface area contributed by atoms with Crippen LogP contribution in [0.2, 0.25) is 0 Å². The van der Waals surface area contributed by atoms with Gasteiger partial charge in [-0.2, -0.15) is 4.68 Å². The Morgan fingerprint density at radius 2 is 1.85 bits per heavy atom. The zero-order valence-corrected chi connectivity index (χ0v) is 16.0. The minimum atomic E-state index is -0.362. The van der Waals surface area contributed by atoms with E-state index in [9.17, 15) is 4.79 Å². The van der Waals surface area contributed by atoms with Gasteiger partial charge in [-0.3, -0.25) is 4.79 Å². The molecule has 2 aromatic carbocycles. The van der Waals surface area contributed by atoms with Crippen molar-refractivity contribution in [3.63, 3.8) is 0 Å². The van der Waals surface area contributed by atoms with Crippen LogP contribution < -0.4 is 0 Å². The molecule has 1 atom stereocenters. The second-order valence-electron chi connectivity index (χ2n) is 6.65. The fourth-order valence-electron chi connectivity index (χ4n) is 3.27. The molecule has 1 amide bonds. The number of aromatic nitrogens is 4. The zero-order chi connectivity index (χ0) is 18.6. The third kappa shape index (κ3) is 3.88.